The number of amides is 2. The molecule has 0 aliphatic rings. The molecule has 3 aromatic rings. The van der Waals surface area contributed by atoms with Crippen molar-refractivity contribution in [3.05, 3.63) is 71.0 Å². The molecule has 0 unspecified atom stereocenters. The molecule has 9 heteroatoms. The van der Waals surface area contributed by atoms with Crippen LogP contribution in [0.4, 0.5) is 11.4 Å². The van der Waals surface area contributed by atoms with Gasteiger partial charge < -0.3 is 15.5 Å². The van der Waals surface area contributed by atoms with Crippen molar-refractivity contribution in [1.82, 2.24) is 14.7 Å². The summed E-state index contributed by atoms with van der Waals surface area (Å²) < 4.78 is 1.66. The predicted octanol–water partition coefficient (Wildman–Crippen LogP) is 3.69. The lowest BCUT2D eigenvalue weighted by Crippen LogP contribution is -2.38. The number of rotatable bonds is 7. The summed E-state index contributed by atoms with van der Waals surface area (Å²) in [6.45, 7) is -0.0714. The van der Waals surface area contributed by atoms with Gasteiger partial charge in [-0.15, -0.1) is 0 Å². The van der Waals surface area contributed by atoms with Gasteiger partial charge in [0.05, 0.1) is 34.5 Å². The molecular weight excluding hydrogens is 413 g/mol. The highest BCUT2D eigenvalue weighted by Crippen LogP contribution is 2.24. The summed E-state index contributed by atoms with van der Waals surface area (Å²) in [6.07, 6.45) is 3.46. The highest BCUT2D eigenvalue weighted by atomic mass is 35.5. The second kappa shape index (κ2) is 9.45. The van der Waals surface area contributed by atoms with Crippen molar-refractivity contribution in [3.8, 4) is 5.69 Å². The SMILES string of the molecule is CN(CC(=O)Nc1ccccc1Cl)C(=O)CNc1ccc(-n2cccn2)c(Cl)c1. The number of para-hydroxylation sites is 1. The first-order chi connectivity index (χ1) is 13.9. The topological polar surface area (TPSA) is 79.3 Å². The maximum atomic E-state index is 12.3. The number of nitrogens with zero attached hydrogens (tertiary/aromatic N) is 3. The van der Waals surface area contributed by atoms with Gasteiger partial charge in [-0.05, 0) is 36.4 Å². The van der Waals surface area contributed by atoms with Crippen LogP contribution in [0.1, 0.15) is 0 Å². The van der Waals surface area contributed by atoms with E-state index in [1.807, 2.05) is 6.07 Å². The summed E-state index contributed by atoms with van der Waals surface area (Å²) in [7, 11) is 1.56. The van der Waals surface area contributed by atoms with Crippen molar-refractivity contribution in [1.29, 1.82) is 0 Å². The van der Waals surface area contributed by atoms with Crippen molar-refractivity contribution in [2.75, 3.05) is 30.8 Å². The molecule has 2 N–H and O–H groups in total. The lowest BCUT2D eigenvalue weighted by Gasteiger charge is -2.18. The van der Waals surface area contributed by atoms with Crippen molar-refractivity contribution in [3.63, 3.8) is 0 Å². The van der Waals surface area contributed by atoms with Crippen LogP contribution >= 0.6 is 23.2 Å². The van der Waals surface area contributed by atoms with E-state index in [2.05, 4.69) is 15.7 Å². The van der Waals surface area contributed by atoms with Crippen LogP contribution < -0.4 is 10.6 Å². The number of halogens is 2. The second-order valence-corrected chi connectivity index (χ2v) is 7.06. The standard InChI is InChI=1S/C20H19Cl2N5O2/c1-26(13-19(28)25-17-6-3-2-5-15(17)21)20(29)12-23-14-7-8-18(16(22)11-14)27-10-4-9-24-27/h2-11,23H,12-13H2,1H3,(H,25,28). The normalized spacial score (nSPS) is 10.4. The Labute approximate surface area is 178 Å². The van der Waals surface area contributed by atoms with E-state index in [9.17, 15) is 9.59 Å². The van der Waals surface area contributed by atoms with Crippen LogP contribution in [-0.2, 0) is 9.59 Å². The van der Waals surface area contributed by atoms with E-state index in [4.69, 9.17) is 23.2 Å². The Balaban J connectivity index is 1.51. The average Bonchev–Trinajstić information content (AvgIpc) is 3.22. The quantitative estimate of drug-likeness (QED) is 0.597. The van der Waals surface area contributed by atoms with Crippen LogP contribution in [0.25, 0.3) is 5.69 Å². The van der Waals surface area contributed by atoms with E-state index in [1.165, 1.54) is 4.90 Å². The molecule has 0 saturated carbocycles. The Morgan fingerprint density at radius 2 is 1.90 bits per heavy atom. The highest BCUT2D eigenvalue weighted by molar-refractivity contribution is 6.33. The Morgan fingerprint density at radius 1 is 1.10 bits per heavy atom. The van der Waals surface area contributed by atoms with E-state index in [0.29, 0.717) is 21.4 Å². The average molecular weight is 432 g/mol. The Bertz CT molecular complexity index is 1010. The highest BCUT2D eigenvalue weighted by Gasteiger charge is 2.14. The molecule has 0 saturated heterocycles. The van der Waals surface area contributed by atoms with Gasteiger partial charge in [0.25, 0.3) is 0 Å². The number of aromatic nitrogens is 2. The molecule has 3 rings (SSSR count). The lowest BCUT2D eigenvalue weighted by atomic mass is 10.2. The molecule has 0 aliphatic carbocycles. The summed E-state index contributed by atoms with van der Waals surface area (Å²) in [6, 6.07) is 14.0. The van der Waals surface area contributed by atoms with E-state index in [-0.39, 0.29) is 24.9 Å². The summed E-state index contributed by atoms with van der Waals surface area (Å²) in [5, 5.41) is 10.8. The first kappa shape index (κ1) is 20.7. The van der Waals surface area contributed by atoms with Crippen LogP contribution in [0.5, 0.6) is 0 Å². The molecule has 0 atom stereocenters. The van der Waals surface area contributed by atoms with E-state index in [0.717, 1.165) is 5.69 Å². The minimum absolute atomic E-state index is 0.0211. The first-order valence-electron chi connectivity index (χ1n) is 8.76. The van der Waals surface area contributed by atoms with Gasteiger partial charge >= 0.3 is 0 Å². The molecule has 29 heavy (non-hydrogen) atoms. The first-order valence-corrected chi connectivity index (χ1v) is 9.51. The fourth-order valence-electron chi connectivity index (χ4n) is 2.58. The molecule has 0 fully saturated rings. The van der Waals surface area contributed by atoms with Gasteiger partial charge in [0.2, 0.25) is 11.8 Å². The Morgan fingerprint density at radius 3 is 2.59 bits per heavy atom. The molecule has 0 aliphatic heterocycles. The van der Waals surface area contributed by atoms with Gasteiger partial charge in [-0.25, -0.2) is 4.68 Å². The van der Waals surface area contributed by atoms with Gasteiger partial charge in [-0.1, -0.05) is 35.3 Å². The smallest absolute Gasteiger partial charge is 0.244 e. The van der Waals surface area contributed by atoms with E-state index >= 15 is 0 Å². The molecule has 2 amide bonds. The largest absolute Gasteiger partial charge is 0.376 e. The van der Waals surface area contributed by atoms with Crippen LogP contribution in [-0.4, -0.2) is 46.6 Å². The zero-order valence-electron chi connectivity index (χ0n) is 15.6. The summed E-state index contributed by atoms with van der Waals surface area (Å²) in [4.78, 5) is 25.8. The van der Waals surface area contributed by atoms with Crippen molar-refractivity contribution in [2.45, 2.75) is 0 Å². The second-order valence-electron chi connectivity index (χ2n) is 6.25. The van der Waals surface area contributed by atoms with Gasteiger partial charge in [-0.2, -0.15) is 5.10 Å². The zero-order valence-corrected chi connectivity index (χ0v) is 17.1. The van der Waals surface area contributed by atoms with Gasteiger partial charge in [0.1, 0.15) is 0 Å². The van der Waals surface area contributed by atoms with Gasteiger partial charge in [0, 0.05) is 25.1 Å². The summed E-state index contributed by atoms with van der Waals surface area (Å²) in [5.41, 5.74) is 1.93. The minimum Gasteiger partial charge on any atom is -0.376 e. The van der Waals surface area contributed by atoms with Gasteiger partial charge in [-0.3, -0.25) is 9.59 Å². The number of hydrogen-bond donors (Lipinski definition) is 2. The third-order valence-electron chi connectivity index (χ3n) is 4.10. The number of carbonyl (C=O) groups excluding carboxylic acids is 2. The molecular formula is C20H19Cl2N5O2. The molecule has 0 bridgehead atoms. The van der Waals surface area contributed by atoms with Crippen LogP contribution in [0.3, 0.4) is 0 Å². The number of hydrogen-bond acceptors (Lipinski definition) is 4. The Kier molecular flexibility index (Phi) is 6.74. The third kappa shape index (κ3) is 5.49. The molecule has 0 radical (unpaired) electrons. The number of nitrogens with one attached hydrogen (secondary N) is 2. The maximum absolute atomic E-state index is 12.3. The molecule has 0 spiro atoms. The van der Waals surface area contributed by atoms with Crippen LogP contribution in [0.2, 0.25) is 10.0 Å². The Hall–Kier alpha value is -3.03. The molecule has 7 nitrogen and oxygen atoms in total. The maximum Gasteiger partial charge on any atom is 0.244 e. The van der Waals surface area contributed by atoms with Crippen LogP contribution in [0.15, 0.2) is 60.9 Å². The predicted molar refractivity (Wildman–Crippen MR) is 115 cm³/mol. The monoisotopic (exact) mass is 431 g/mol. The molecule has 150 valence electrons. The van der Waals surface area contributed by atoms with E-state index < -0.39 is 0 Å². The fraction of sp³-hybridized carbons (Fsp3) is 0.150. The number of carbonyl (C=O) groups is 2. The molecule has 1 heterocycles. The lowest BCUT2D eigenvalue weighted by molar-refractivity contribution is -0.131. The zero-order chi connectivity index (χ0) is 20.8. The fourth-order valence-corrected chi connectivity index (χ4v) is 3.03. The molecule has 2 aromatic carbocycles. The summed E-state index contributed by atoms with van der Waals surface area (Å²) in [5.74, 6) is -0.577. The molecule has 1 aromatic heterocycles. The minimum atomic E-state index is -0.333. The van der Waals surface area contributed by atoms with Crippen molar-refractivity contribution in [2.24, 2.45) is 0 Å². The number of likely N-dealkylation sites (N-methyl/N-ethyl adjacent to an activating group) is 1. The van der Waals surface area contributed by atoms with E-state index in [1.54, 1.807) is 66.6 Å². The van der Waals surface area contributed by atoms with Gasteiger partial charge in [0.15, 0.2) is 0 Å². The number of anilines is 2. The van der Waals surface area contributed by atoms with Crippen molar-refractivity contribution >= 4 is 46.4 Å². The summed E-state index contributed by atoms with van der Waals surface area (Å²) >= 11 is 12.3. The van der Waals surface area contributed by atoms with Crippen LogP contribution in [0, 0.1) is 0 Å². The number of benzene rings is 2. The van der Waals surface area contributed by atoms with Crippen molar-refractivity contribution < 1.29 is 9.59 Å². The third-order valence-corrected chi connectivity index (χ3v) is 4.73.